The number of carbonyl (C=O) groups excluding carboxylic acids is 1. The van der Waals surface area contributed by atoms with Gasteiger partial charge in [-0.25, -0.2) is 4.79 Å². The summed E-state index contributed by atoms with van der Waals surface area (Å²) in [5.41, 5.74) is 0.417. The number of aryl methyl sites for hydroxylation is 1. The number of ether oxygens (including phenoxy) is 2. The zero-order valence-electron chi connectivity index (χ0n) is 10.4. The van der Waals surface area contributed by atoms with Crippen LogP contribution in [0.25, 0.3) is 0 Å². The Kier molecular flexibility index (Phi) is 4.57. The van der Waals surface area contributed by atoms with Crippen molar-refractivity contribution in [3.8, 4) is 5.75 Å². The van der Waals surface area contributed by atoms with E-state index in [-0.39, 0.29) is 6.61 Å². The van der Waals surface area contributed by atoms with E-state index in [1.807, 2.05) is 24.3 Å². The van der Waals surface area contributed by atoms with Crippen LogP contribution >= 0.6 is 15.9 Å². The van der Waals surface area contributed by atoms with Crippen LogP contribution in [0.15, 0.2) is 41.0 Å². The Hall–Kier alpha value is -1.82. The van der Waals surface area contributed by atoms with Crippen molar-refractivity contribution in [3.05, 3.63) is 46.7 Å². The number of hydrogen-bond acceptors (Lipinski definition) is 4. The second kappa shape index (κ2) is 6.38. The first-order valence-corrected chi connectivity index (χ1v) is 6.50. The van der Waals surface area contributed by atoms with Crippen molar-refractivity contribution < 1.29 is 14.3 Å². The van der Waals surface area contributed by atoms with Gasteiger partial charge in [-0.1, -0.05) is 12.1 Å². The molecule has 0 unspecified atom stereocenters. The van der Waals surface area contributed by atoms with Crippen LogP contribution in [0, 0.1) is 0 Å². The molecule has 19 heavy (non-hydrogen) atoms. The molecule has 0 aliphatic heterocycles. The van der Waals surface area contributed by atoms with Crippen molar-refractivity contribution in [1.82, 2.24) is 9.78 Å². The summed E-state index contributed by atoms with van der Waals surface area (Å²) in [6, 6.07) is 9.11. The summed E-state index contributed by atoms with van der Waals surface area (Å²) in [4.78, 5) is 11.7. The van der Waals surface area contributed by atoms with Crippen molar-refractivity contribution in [2.24, 2.45) is 7.05 Å². The first kappa shape index (κ1) is 13.6. The lowest BCUT2D eigenvalue weighted by Crippen LogP contribution is -2.15. The van der Waals surface area contributed by atoms with Crippen LogP contribution in [0.5, 0.6) is 5.75 Å². The summed E-state index contributed by atoms with van der Waals surface area (Å²) in [5, 5.41) is 3.90. The molecule has 6 heteroatoms. The van der Waals surface area contributed by atoms with E-state index in [0.29, 0.717) is 12.3 Å². The van der Waals surface area contributed by atoms with E-state index in [1.54, 1.807) is 19.3 Å². The van der Waals surface area contributed by atoms with Gasteiger partial charge in [-0.3, -0.25) is 4.68 Å². The Morgan fingerprint density at radius 3 is 2.79 bits per heavy atom. The molecule has 1 aromatic carbocycles. The van der Waals surface area contributed by atoms with Gasteiger partial charge in [-0.15, -0.1) is 0 Å². The molecule has 0 saturated carbocycles. The first-order valence-electron chi connectivity index (χ1n) is 5.71. The molecule has 0 saturated heterocycles. The molecule has 0 fully saturated rings. The molecule has 1 heterocycles. The molecule has 0 aliphatic carbocycles. The largest absolute Gasteiger partial charge is 0.489 e. The lowest BCUT2D eigenvalue weighted by molar-refractivity contribution is 0.0437. The molecule has 2 aromatic rings. The lowest BCUT2D eigenvalue weighted by Gasteiger charge is -2.08. The average molecular weight is 325 g/mol. The Morgan fingerprint density at radius 1 is 1.32 bits per heavy atom. The van der Waals surface area contributed by atoms with Crippen molar-refractivity contribution in [2.45, 2.75) is 0 Å². The molecule has 0 bridgehead atoms. The maximum Gasteiger partial charge on any atom is 0.356 e. The summed E-state index contributed by atoms with van der Waals surface area (Å²) < 4.78 is 12.9. The summed E-state index contributed by atoms with van der Waals surface area (Å²) in [6.07, 6.45) is 1.55. The van der Waals surface area contributed by atoms with Crippen LogP contribution < -0.4 is 4.74 Å². The van der Waals surface area contributed by atoms with E-state index in [1.165, 1.54) is 4.68 Å². The molecule has 1 aromatic heterocycles. The highest BCUT2D eigenvalue weighted by molar-refractivity contribution is 9.10. The summed E-state index contributed by atoms with van der Waals surface area (Å²) >= 11 is 3.37. The molecule has 0 amide bonds. The SMILES string of the molecule is Cn1nccc1C(=O)OCCOc1ccccc1Br. The molecule has 0 radical (unpaired) electrons. The zero-order valence-corrected chi connectivity index (χ0v) is 12.0. The van der Waals surface area contributed by atoms with Gasteiger partial charge in [-0.05, 0) is 34.1 Å². The van der Waals surface area contributed by atoms with Crippen molar-refractivity contribution >= 4 is 21.9 Å². The third kappa shape index (κ3) is 3.57. The fourth-order valence-corrected chi connectivity index (χ4v) is 1.90. The molecular formula is C13H13BrN2O3. The van der Waals surface area contributed by atoms with E-state index in [9.17, 15) is 4.79 Å². The van der Waals surface area contributed by atoms with Crippen LogP contribution in [-0.2, 0) is 11.8 Å². The number of aromatic nitrogens is 2. The van der Waals surface area contributed by atoms with Crippen molar-refractivity contribution in [2.75, 3.05) is 13.2 Å². The van der Waals surface area contributed by atoms with Crippen LogP contribution in [0.2, 0.25) is 0 Å². The van der Waals surface area contributed by atoms with E-state index < -0.39 is 5.97 Å². The van der Waals surface area contributed by atoms with Gasteiger partial charge in [0.1, 0.15) is 24.7 Å². The fourth-order valence-electron chi connectivity index (χ4n) is 1.50. The van der Waals surface area contributed by atoms with E-state index in [0.717, 1.165) is 10.2 Å². The standard InChI is InChI=1S/C13H13BrN2O3/c1-16-11(6-7-15-16)13(17)19-9-8-18-12-5-3-2-4-10(12)14/h2-7H,8-9H2,1H3. The van der Waals surface area contributed by atoms with Gasteiger partial charge >= 0.3 is 5.97 Å². The summed E-state index contributed by atoms with van der Waals surface area (Å²) in [7, 11) is 1.69. The van der Waals surface area contributed by atoms with Crippen LogP contribution in [0.4, 0.5) is 0 Å². The zero-order chi connectivity index (χ0) is 13.7. The third-order valence-corrected chi connectivity index (χ3v) is 3.10. The van der Waals surface area contributed by atoms with Crippen molar-refractivity contribution in [1.29, 1.82) is 0 Å². The number of halogens is 1. The molecule has 2 rings (SSSR count). The topological polar surface area (TPSA) is 53.4 Å². The van der Waals surface area contributed by atoms with Gasteiger partial charge < -0.3 is 9.47 Å². The van der Waals surface area contributed by atoms with Gasteiger partial charge in [0, 0.05) is 13.2 Å². The van der Waals surface area contributed by atoms with Gasteiger partial charge in [0.15, 0.2) is 0 Å². The molecule has 0 atom stereocenters. The summed E-state index contributed by atoms with van der Waals surface area (Å²) in [6.45, 7) is 0.484. The van der Waals surface area contributed by atoms with Gasteiger partial charge in [0.2, 0.25) is 0 Å². The second-order valence-corrected chi connectivity index (χ2v) is 4.61. The Balaban J connectivity index is 1.77. The Labute approximate surface area is 119 Å². The second-order valence-electron chi connectivity index (χ2n) is 3.75. The minimum atomic E-state index is -0.407. The number of nitrogens with zero attached hydrogens (tertiary/aromatic N) is 2. The highest BCUT2D eigenvalue weighted by Gasteiger charge is 2.10. The van der Waals surface area contributed by atoms with E-state index >= 15 is 0 Å². The van der Waals surface area contributed by atoms with Crippen LogP contribution in [-0.4, -0.2) is 29.0 Å². The molecule has 0 spiro atoms. The van der Waals surface area contributed by atoms with Gasteiger partial charge in [-0.2, -0.15) is 5.10 Å². The van der Waals surface area contributed by atoms with E-state index in [2.05, 4.69) is 21.0 Å². The minimum absolute atomic E-state index is 0.186. The normalized spacial score (nSPS) is 10.2. The predicted molar refractivity (Wildman–Crippen MR) is 73.1 cm³/mol. The predicted octanol–water partition coefficient (Wildman–Crippen LogP) is 2.42. The van der Waals surface area contributed by atoms with Gasteiger partial charge in [0.25, 0.3) is 0 Å². The monoisotopic (exact) mass is 324 g/mol. The number of esters is 1. The van der Waals surface area contributed by atoms with Gasteiger partial charge in [0.05, 0.1) is 4.47 Å². The number of hydrogen-bond donors (Lipinski definition) is 0. The molecule has 100 valence electrons. The average Bonchev–Trinajstić information content (AvgIpc) is 2.82. The van der Waals surface area contributed by atoms with Crippen molar-refractivity contribution in [3.63, 3.8) is 0 Å². The number of carbonyl (C=O) groups is 1. The molecule has 0 aliphatic rings. The first-order chi connectivity index (χ1) is 9.18. The third-order valence-electron chi connectivity index (χ3n) is 2.44. The Bertz CT molecular complexity index is 569. The quantitative estimate of drug-likeness (QED) is 0.626. The number of rotatable bonds is 5. The Morgan fingerprint density at radius 2 is 2.11 bits per heavy atom. The highest BCUT2D eigenvalue weighted by atomic mass is 79.9. The number of para-hydroxylation sites is 1. The summed E-state index contributed by atoms with van der Waals surface area (Å²) in [5.74, 6) is 0.315. The van der Waals surface area contributed by atoms with Crippen LogP contribution in [0.3, 0.4) is 0 Å². The molecule has 5 nitrogen and oxygen atoms in total. The van der Waals surface area contributed by atoms with E-state index in [4.69, 9.17) is 9.47 Å². The maximum absolute atomic E-state index is 11.7. The fraction of sp³-hybridized carbons (Fsp3) is 0.231. The van der Waals surface area contributed by atoms with Crippen LogP contribution in [0.1, 0.15) is 10.5 Å². The smallest absolute Gasteiger partial charge is 0.356 e. The highest BCUT2D eigenvalue weighted by Crippen LogP contribution is 2.23. The lowest BCUT2D eigenvalue weighted by atomic mass is 10.3. The maximum atomic E-state index is 11.7. The minimum Gasteiger partial charge on any atom is -0.489 e. The molecular weight excluding hydrogens is 312 g/mol. The molecule has 0 N–H and O–H groups in total. The number of benzene rings is 1.